The predicted octanol–water partition coefficient (Wildman–Crippen LogP) is 6.47. The average molecular weight is 608 g/mol. The van der Waals surface area contributed by atoms with E-state index in [1.165, 1.54) is 12.1 Å². The summed E-state index contributed by atoms with van der Waals surface area (Å²) in [6.45, 7) is 2.93. The largest absolute Gasteiger partial charge is 0.493 e. The molecule has 1 saturated carbocycles. The number of aromatic nitrogens is 1. The highest BCUT2D eigenvalue weighted by Crippen LogP contribution is 2.45. The summed E-state index contributed by atoms with van der Waals surface area (Å²) in [7, 11) is 1.64. The fourth-order valence-corrected chi connectivity index (χ4v) is 5.62. The number of methoxy groups -OCH3 is 1. The maximum Gasteiger partial charge on any atom is 0.255 e. The third-order valence-electron chi connectivity index (χ3n) is 8.19. The average Bonchev–Trinajstić information content (AvgIpc) is 3.72. The van der Waals surface area contributed by atoms with Gasteiger partial charge in [-0.25, -0.2) is 4.39 Å². The number of fused-ring (bicyclic) bond motifs is 1. The van der Waals surface area contributed by atoms with Crippen LogP contribution in [0.4, 0.5) is 4.39 Å². The molecule has 1 aliphatic carbocycles. The van der Waals surface area contributed by atoms with Crippen molar-refractivity contribution in [2.75, 3.05) is 20.3 Å². The van der Waals surface area contributed by atoms with Crippen LogP contribution >= 0.6 is 0 Å². The molecule has 2 amide bonds. The van der Waals surface area contributed by atoms with Crippen molar-refractivity contribution < 1.29 is 27.9 Å². The summed E-state index contributed by atoms with van der Waals surface area (Å²) >= 11 is 0. The molecule has 0 atom stereocenters. The van der Waals surface area contributed by atoms with Crippen LogP contribution in [0.15, 0.2) is 83.4 Å². The van der Waals surface area contributed by atoms with E-state index in [9.17, 15) is 14.0 Å². The van der Waals surface area contributed by atoms with Crippen molar-refractivity contribution in [2.45, 2.75) is 38.1 Å². The van der Waals surface area contributed by atoms with E-state index >= 15 is 0 Å². The van der Waals surface area contributed by atoms with Gasteiger partial charge < -0.3 is 24.9 Å². The fraction of sp³-hybridized carbons (Fsp3) is 0.250. The zero-order valence-corrected chi connectivity index (χ0v) is 25.2. The fourth-order valence-electron chi connectivity index (χ4n) is 5.62. The van der Waals surface area contributed by atoms with Gasteiger partial charge in [-0.05, 0) is 104 Å². The summed E-state index contributed by atoms with van der Waals surface area (Å²) < 4.78 is 30.8. The number of hydrogen-bond acceptors (Lipinski definition) is 6. The van der Waals surface area contributed by atoms with Crippen molar-refractivity contribution in [1.82, 2.24) is 10.3 Å². The Balaban J connectivity index is 1.33. The van der Waals surface area contributed by atoms with Crippen LogP contribution in [0.1, 0.15) is 62.4 Å². The molecule has 8 nitrogen and oxygen atoms in total. The second kappa shape index (κ2) is 12.5. The second-order valence-electron chi connectivity index (χ2n) is 11.4. The van der Waals surface area contributed by atoms with Gasteiger partial charge in [-0.2, -0.15) is 0 Å². The molecule has 1 aliphatic rings. The molecule has 0 bridgehead atoms. The van der Waals surface area contributed by atoms with Gasteiger partial charge in [0, 0.05) is 37.3 Å². The number of ether oxygens (including phenoxy) is 2. The molecule has 0 radical (unpaired) electrons. The van der Waals surface area contributed by atoms with Gasteiger partial charge in [0.15, 0.2) is 0 Å². The molecule has 3 N–H and O–H groups in total. The number of benzene rings is 3. The Morgan fingerprint density at radius 2 is 1.84 bits per heavy atom. The number of furan rings is 1. The van der Waals surface area contributed by atoms with Gasteiger partial charge in [-0.15, -0.1) is 0 Å². The van der Waals surface area contributed by atoms with Gasteiger partial charge in [-0.1, -0.05) is 12.1 Å². The van der Waals surface area contributed by atoms with E-state index in [0.717, 1.165) is 35.2 Å². The molecule has 0 spiro atoms. The number of hydrogen-bond donors (Lipinski definition) is 2. The molecule has 3 aromatic carbocycles. The van der Waals surface area contributed by atoms with Gasteiger partial charge in [-0.3, -0.25) is 14.6 Å². The zero-order chi connectivity index (χ0) is 31.6. The van der Waals surface area contributed by atoms with E-state index in [2.05, 4.69) is 10.3 Å². The molecule has 0 saturated heterocycles. The lowest BCUT2D eigenvalue weighted by molar-refractivity contribution is 0.0924. The van der Waals surface area contributed by atoms with Crippen LogP contribution in [0, 0.1) is 12.7 Å². The van der Waals surface area contributed by atoms with Gasteiger partial charge in [0.1, 0.15) is 22.9 Å². The SMILES string of the molecule is COCCCOc1cc(C)c(Cc2ccc3oc(-c4ccc(F)cc4)c(C(N)=O)c3c2)cc1C(=O)NC1(c2ccccn2)CC1. The molecule has 5 aromatic rings. The Hall–Kier alpha value is -5.02. The number of primary amides is 1. The minimum Gasteiger partial charge on any atom is -0.493 e. The normalized spacial score (nSPS) is 13.5. The molecule has 0 aliphatic heterocycles. The topological polar surface area (TPSA) is 117 Å². The third-order valence-corrected chi connectivity index (χ3v) is 8.19. The van der Waals surface area contributed by atoms with Crippen molar-refractivity contribution in [2.24, 2.45) is 5.73 Å². The van der Waals surface area contributed by atoms with Gasteiger partial charge in [0.25, 0.3) is 11.8 Å². The van der Waals surface area contributed by atoms with Crippen LogP contribution in [0.25, 0.3) is 22.3 Å². The highest BCUT2D eigenvalue weighted by Gasteiger charge is 2.47. The number of carbonyl (C=O) groups excluding carboxylic acids is 2. The molecular weight excluding hydrogens is 573 g/mol. The van der Waals surface area contributed by atoms with E-state index < -0.39 is 17.3 Å². The van der Waals surface area contributed by atoms with E-state index in [-0.39, 0.29) is 11.5 Å². The molecule has 1 fully saturated rings. The molecular formula is C36H34FN3O5. The van der Waals surface area contributed by atoms with Crippen molar-refractivity contribution in [1.29, 1.82) is 0 Å². The summed E-state index contributed by atoms with van der Waals surface area (Å²) in [5.74, 6) is -0.464. The van der Waals surface area contributed by atoms with E-state index in [1.54, 1.807) is 31.5 Å². The first kappa shape index (κ1) is 30.0. The van der Waals surface area contributed by atoms with Crippen molar-refractivity contribution in [3.63, 3.8) is 0 Å². The maximum absolute atomic E-state index is 13.8. The van der Waals surface area contributed by atoms with Gasteiger partial charge in [0.2, 0.25) is 0 Å². The standard InChI is InChI=1S/C36H34FN3O5/c1-22-18-30(44-17-5-16-43-2)28(35(42)40-36(13-14-36)31-6-3-4-15-39-31)21-25(22)19-23-7-12-29-27(20-23)32(34(38)41)33(45-29)24-8-10-26(37)11-9-24/h3-4,6-12,15,18,20-21H,5,13-14,16-17,19H2,1-2H3,(H2,38,41)(H,40,42). The Labute approximate surface area is 260 Å². The van der Waals surface area contributed by atoms with Crippen molar-refractivity contribution in [3.8, 4) is 17.1 Å². The minimum absolute atomic E-state index is 0.230. The van der Waals surface area contributed by atoms with Crippen LogP contribution < -0.4 is 15.8 Å². The van der Waals surface area contributed by atoms with Gasteiger partial charge >= 0.3 is 0 Å². The molecule has 0 unspecified atom stereocenters. The van der Waals surface area contributed by atoms with E-state index in [0.29, 0.717) is 59.7 Å². The van der Waals surface area contributed by atoms with Crippen LogP contribution in [-0.4, -0.2) is 37.1 Å². The summed E-state index contributed by atoms with van der Waals surface area (Å²) in [5, 5.41) is 3.79. The Kier molecular flexibility index (Phi) is 8.36. The molecule has 6 rings (SSSR count). The number of carbonyl (C=O) groups is 2. The lowest BCUT2D eigenvalue weighted by Gasteiger charge is -2.20. The molecule has 45 heavy (non-hydrogen) atoms. The lowest BCUT2D eigenvalue weighted by Crippen LogP contribution is -2.35. The molecule has 9 heteroatoms. The zero-order valence-electron chi connectivity index (χ0n) is 25.2. The maximum atomic E-state index is 13.8. The summed E-state index contributed by atoms with van der Waals surface area (Å²) in [6, 6.07) is 20.8. The summed E-state index contributed by atoms with van der Waals surface area (Å²) in [4.78, 5) is 30.9. The second-order valence-corrected chi connectivity index (χ2v) is 11.4. The van der Waals surface area contributed by atoms with Gasteiger partial charge in [0.05, 0.1) is 29.0 Å². The van der Waals surface area contributed by atoms with Crippen LogP contribution in [0.2, 0.25) is 0 Å². The highest BCUT2D eigenvalue weighted by atomic mass is 19.1. The smallest absolute Gasteiger partial charge is 0.255 e. The molecule has 2 aromatic heterocycles. The first-order valence-electron chi connectivity index (χ1n) is 14.9. The lowest BCUT2D eigenvalue weighted by atomic mass is 9.95. The highest BCUT2D eigenvalue weighted by molar-refractivity contribution is 6.10. The predicted molar refractivity (Wildman–Crippen MR) is 169 cm³/mol. The number of nitrogens with one attached hydrogen (secondary N) is 1. The molecule has 230 valence electrons. The first-order valence-corrected chi connectivity index (χ1v) is 14.9. The summed E-state index contributed by atoms with van der Waals surface area (Å²) in [5.41, 5.74) is 10.6. The van der Waals surface area contributed by atoms with Crippen LogP contribution in [0.3, 0.4) is 0 Å². The Morgan fingerprint density at radius 1 is 1.04 bits per heavy atom. The number of amides is 2. The monoisotopic (exact) mass is 607 g/mol. The van der Waals surface area contributed by atoms with Crippen molar-refractivity contribution >= 4 is 22.8 Å². The third kappa shape index (κ3) is 6.30. The number of rotatable bonds is 12. The Morgan fingerprint density at radius 3 is 2.53 bits per heavy atom. The number of pyridine rings is 1. The number of halogens is 1. The quantitative estimate of drug-likeness (QED) is 0.157. The minimum atomic E-state index is -0.641. The van der Waals surface area contributed by atoms with E-state index in [1.807, 2.05) is 49.4 Å². The Bertz CT molecular complexity index is 1860. The number of aryl methyl sites for hydroxylation is 1. The van der Waals surface area contributed by atoms with E-state index in [4.69, 9.17) is 19.6 Å². The number of nitrogens with zero attached hydrogens (tertiary/aromatic N) is 1. The van der Waals surface area contributed by atoms with Crippen LogP contribution in [-0.2, 0) is 16.7 Å². The molecule has 2 heterocycles. The van der Waals surface area contributed by atoms with Crippen LogP contribution in [0.5, 0.6) is 5.75 Å². The number of nitrogens with two attached hydrogens (primary N) is 1. The van der Waals surface area contributed by atoms with Crippen molar-refractivity contribution in [3.05, 3.63) is 118 Å². The summed E-state index contributed by atoms with van der Waals surface area (Å²) in [6.07, 6.45) is 4.52. The first-order chi connectivity index (χ1) is 21.8.